The fourth-order valence-corrected chi connectivity index (χ4v) is 0.866. The summed E-state index contributed by atoms with van der Waals surface area (Å²) in [6.07, 6.45) is 2.73. The van der Waals surface area contributed by atoms with Gasteiger partial charge in [0.2, 0.25) is 0 Å². The third-order valence-electron chi connectivity index (χ3n) is 1.75. The smallest absolute Gasteiger partial charge is 0.253 e. The van der Waals surface area contributed by atoms with E-state index in [1.807, 2.05) is 0 Å². The van der Waals surface area contributed by atoms with Crippen molar-refractivity contribution in [3.8, 4) is 0 Å². The molecule has 1 aromatic rings. The van der Waals surface area contributed by atoms with Gasteiger partial charge in [0.1, 0.15) is 0 Å². The van der Waals surface area contributed by atoms with Crippen molar-refractivity contribution in [2.45, 2.75) is 13.0 Å². The maximum absolute atomic E-state index is 11.5. The van der Waals surface area contributed by atoms with E-state index in [1.165, 1.54) is 18.5 Å². The topological polar surface area (TPSA) is 113 Å². The minimum absolute atomic E-state index is 0.0645. The molecule has 1 unspecified atom stereocenters. The van der Waals surface area contributed by atoms with Gasteiger partial charge in [-0.25, -0.2) is 0 Å². The molecule has 1 amide bonds. The summed E-state index contributed by atoms with van der Waals surface area (Å²) in [5.41, 5.74) is 5.66. The first-order valence-corrected chi connectivity index (χ1v) is 4.20. The quantitative estimate of drug-likeness (QED) is 0.265. The Labute approximate surface area is 86.0 Å². The summed E-state index contributed by atoms with van der Waals surface area (Å²) in [4.78, 5) is 11.5. The Bertz CT molecular complexity index is 365. The monoisotopic (exact) mass is 209 g/mol. The molecule has 4 N–H and O–H groups in total. The molecular formula is C8H11N5O2. The molecule has 0 aromatic carbocycles. The van der Waals surface area contributed by atoms with Crippen molar-refractivity contribution in [2.75, 3.05) is 0 Å². The molecule has 0 radical (unpaired) electrons. The molecule has 0 aliphatic heterocycles. The van der Waals surface area contributed by atoms with Crippen LogP contribution in [0.3, 0.4) is 0 Å². The van der Waals surface area contributed by atoms with E-state index in [-0.39, 0.29) is 11.7 Å². The van der Waals surface area contributed by atoms with E-state index in [0.29, 0.717) is 5.56 Å². The molecule has 1 atom stereocenters. The summed E-state index contributed by atoms with van der Waals surface area (Å²) in [5.74, 6) is -0.422. The van der Waals surface area contributed by atoms with Crippen molar-refractivity contribution < 1.29 is 10.0 Å². The zero-order valence-electron chi connectivity index (χ0n) is 8.08. The number of hydrogen-bond donors (Lipinski definition) is 3. The number of nitrogens with two attached hydrogens (primary N) is 1. The molecule has 0 bridgehead atoms. The molecule has 7 heteroatoms. The summed E-state index contributed by atoms with van der Waals surface area (Å²) in [6.45, 7) is 1.60. The zero-order valence-corrected chi connectivity index (χ0v) is 8.08. The van der Waals surface area contributed by atoms with Crippen LogP contribution in [0.15, 0.2) is 23.6 Å². The molecule has 0 aliphatic carbocycles. The van der Waals surface area contributed by atoms with Gasteiger partial charge in [-0.1, -0.05) is 5.16 Å². The number of nitrogens with one attached hydrogen (secondary N) is 1. The standard InChI is InChI=1S/C8H11N5O2/c1-5(7(9)13-15)12-8(14)6-2-3-10-11-4-6/h2-5,15H,1H3,(H2,9,13)(H,12,14). The van der Waals surface area contributed by atoms with Gasteiger partial charge < -0.3 is 16.3 Å². The maximum Gasteiger partial charge on any atom is 0.253 e. The Kier molecular flexibility index (Phi) is 3.55. The van der Waals surface area contributed by atoms with Gasteiger partial charge in [0.05, 0.1) is 24.0 Å². The Morgan fingerprint density at radius 2 is 2.40 bits per heavy atom. The second-order valence-electron chi connectivity index (χ2n) is 2.85. The van der Waals surface area contributed by atoms with E-state index in [9.17, 15) is 4.79 Å². The minimum Gasteiger partial charge on any atom is -0.409 e. The van der Waals surface area contributed by atoms with Gasteiger partial charge >= 0.3 is 0 Å². The molecule has 1 aromatic heterocycles. The predicted molar refractivity (Wildman–Crippen MR) is 52.4 cm³/mol. The fraction of sp³-hybridized carbons (Fsp3) is 0.250. The second kappa shape index (κ2) is 4.89. The molecule has 0 saturated heterocycles. The van der Waals surface area contributed by atoms with Gasteiger partial charge in [0.15, 0.2) is 5.84 Å². The van der Waals surface area contributed by atoms with Gasteiger partial charge in [-0.15, -0.1) is 0 Å². The fourth-order valence-electron chi connectivity index (χ4n) is 0.866. The van der Waals surface area contributed by atoms with Crippen LogP contribution in [0.25, 0.3) is 0 Å². The lowest BCUT2D eigenvalue weighted by Crippen LogP contribution is -2.42. The van der Waals surface area contributed by atoms with Gasteiger partial charge in [-0.2, -0.15) is 10.2 Å². The van der Waals surface area contributed by atoms with Crippen LogP contribution in [-0.2, 0) is 0 Å². The lowest BCUT2D eigenvalue weighted by atomic mass is 10.2. The van der Waals surface area contributed by atoms with E-state index in [4.69, 9.17) is 10.9 Å². The largest absolute Gasteiger partial charge is 0.409 e. The number of aromatic nitrogens is 2. The molecule has 1 rings (SSSR count). The Morgan fingerprint density at radius 1 is 1.67 bits per heavy atom. The van der Waals surface area contributed by atoms with Gasteiger partial charge in [0, 0.05) is 0 Å². The lowest BCUT2D eigenvalue weighted by molar-refractivity contribution is 0.0948. The number of carbonyl (C=O) groups excluding carboxylic acids is 1. The lowest BCUT2D eigenvalue weighted by Gasteiger charge is -2.11. The molecule has 80 valence electrons. The van der Waals surface area contributed by atoms with Crippen molar-refractivity contribution in [3.05, 3.63) is 24.0 Å². The number of rotatable bonds is 3. The van der Waals surface area contributed by atoms with Gasteiger partial charge in [-0.3, -0.25) is 4.79 Å². The third kappa shape index (κ3) is 2.90. The minimum atomic E-state index is -0.546. The number of carbonyl (C=O) groups is 1. The van der Waals surface area contributed by atoms with Crippen molar-refractivity contribution in [1.29, 1.82) is 0 Å². The highest BCUT2D eigenvalue weighted by atomic mass is 16.4. The molecule has 0 fully saturated rings. The summed E-state index contributed by atoms with van der Waals surface area (Å²) in [5, 5.41) is 20.8. The number of hydrogen-bond acceptors (Lipinski definition) is 5. The summed E-state index contributed by atoms with van der Waals surface area (Å²) >= 11 is 0. The van der Waals surface area contributed by atoms with Crippen LogP contribution in [0.2, 0.25) is 0 Å². The van der Waals surface area contributed by atoms with E-state index < -0.39 is 6.04 Å². The average Bonchev–Trinajstić information content (AvgIpc) is 2.29. The number of amides is 1. The molecule has 1 heterocycles. The van der Waals surface area contributed by atoms with Crippen LogP contribution in [0.1, 0.15) is 17.3 Å². The Balaban J connectivity index is 2.65. The molecule has 0 saturated carbocycles. The zero-order chi connectivity index (χ0) is 11.3. The van der Waals surface area contributed by atoms with E-state index in [0.717, 1.165) is 0 Å². The summed E-state index contributed by atoms with van der Waals surface area (Å²) in [6, 6.07) is 0.970. The molecular weight excluding hydrogens is 198 g/mol. The normalized spacial score (nSPS) is 13.3. The average molecular weight is 209 g/mol. The van der Waals surface area contributed by atoms with Crippen LogP contribution >= 0.6 is 0 Å². The van der Waals surface area contributed by atoms with Crippen LogP contribution in [0.4, 0.5) is 0 Å². The molecule has 15 heavy (non-hydrogen) atoms. The maximum atomic E-state index is 11.5. The highest BCUT2D eigenvalue weighted by Gasteiger charge is 2.12. The number of oxime groups is 1. The molecule has 0 aliphatic rings. The second-order valence-corrected chi connectivity index (χ2v) is 2.85. The van der Waals surface area contributed by atoms with E-state index in [2.05, 4.69) is 20.7 Å². The highest BCUT2D eigenvalue weighted by molar-refractivity contribution is 5.97. The highest BCUT2D eigenvalue weighted by Crippen LogP contribution is 1.94. The van der Waals surface area contributed by atoms with E-state index >= 15 is 0 Å². The summed E-state index contributed by atoms with van der Waals surface area (Å²) in [7, 11) is 0. The third-order valence-corrected chi connectivity index (χ3v) is 1.75. The van der Waals surface area contributed by atoms with Crippen molar-refractivity contribution in [1.82, 2.24) is 15.5 Å². The van der Waals surface area contributed by atoms with Crippen LogP contribution in [-0.4, -0.2) is 33.2 Å². The number of nitrogens with zero attached hydrogens (tertiary/aromatic N) is 3. The van der Waals surface area contributed by atoms with Crippen molar-refractivity contribution in [3.63, 3.8) is 0 Å². The Morgan fingerprint density at radius 3 is 2.93 bits per heavy atom. The summed E-state index contributed by atoms with van der Waals surface area (Å²) < 4.78 is 0. The first-order valence-electron chi connectivity index (χ1n) is 4.20. The molecule has 7 nitrogen and oxygen atoms in total. The Hall–Kier alpha value is -2.18. The number of amidine groups is 1. The predicted octanol–water partition coefficient (Wildman–Crippen LogP) is -0.659. The first-order chi connectivity index (χ1) is 7.15. The van der Waals surface area contributed by atoms with Crippen LogP contribution < -0.4 is 11.1 Å². The van der Waals surface area contributed by atoms with Gasteiger partial charge in [-0.05, 0) is 13.0 Å². The van der Waals surface area contributed by atoms with Crippen LogP contribution in [0.5, 0.6) is 0 Å². The van der Waals surface area contributed by atoms with Crippen LogP contribution in [0, 0.1) is 0 Å². The van der Waals surface area contributed by atoms with Crippen molar-refractivity contribution >= 4 is 11.7 Å². The SMILES string of the molecule is CC(NC(=O)c1ccnnc1)/C(N)=N/O. The first kappa shape index (κ1) is 10.9. The van der Waals surface area contributed by atoms with Gasteiger partial charge in [0.25, 0.3) is 5.91 Å². The van der Waals surface area contributed by atoms with E-state index in [1.54, 1.807) is 6.92 Å². The van der Waals surface area contributed by atoms with Crippen molar-refractivity contribution in [2.24, 2.45) is 10.9 Å². The molecule has 0 spiro atoms.